The second-order valence-electron chi connectivity index (χ2n) is 10.6. The SMILES string of the molecule is CC1(C)CC=C(c2cc(C3(C#N)CC(C)(C)OC(C)(C)C3)ccc2N)CC1. The van der Waals surface area contributed by atoms with Crippen LogP contribution in [0.15, 0.2) is 24.3 Å². The summed E-state index contributed by atoms with van der Waals surface area (Å²) in [4.78, 5) is 0. The maximum atomic E-state index is 10.2. The maximum Gasteiger partial charge on any atom is 0.0876 e. The smallest absolute Gasteiger partial charge is 0.0876 e. The van der Waals surface area contributed by atoms with E-state index >= 15 is 0 Å². The fourth-order valence-electron chi connectivity index (χ4n) is 5.14. The highest BCUT2D eigenvalue weighted by molar-refractivity contribution is 5.76. The third kappa shape index (κ3) is 4.06. The summed E-state index contributed by atoms with van der Waals surface area (Å²) in [6, 6.07) is 8.88. The molecule has 0 amide bonds. The Balaban J connectivity index is 2.05. The van der Waals surface area contributed by atoms with Gasteiger partial charge < -0.3 is 10.5 Å². The average Bonchev–Trinajstić information content (AvgIpc) is 2.52. The van der Waals surface area contributed by atoms with Crippen LogP contribution in [0.5, 0.6) is 0 Å². The minimum absolute atomic E-state index is 0.340. The number of anilines is 1. The van der Waals surface area contributed by atoms with E-state index in [1.54, 1.807) is 0 Å². The minimum atomic E-state index is -0.553. The van der Waals surface area contributed by atoms with Gasteiger partial charge in [-0.2, -0.15) is 5.26 Å². The number of nitrogens with two attached hydrogens (primary N) is 1. The summed E-state index contributed by atoms with van der Waals surface area (Å²) in [7, 11) is 0. The lowest BCUT2D eigenvalue weighted by Crippen LogP contribution is -2.52. The first-order chi connectivity index (χ1) is 12.4. The molecule has 3 nitrogen and oxygen atoms in total. The molecule has 2 N–H and O–H groups in total. The zero-order valence-corrected chi connectivity index (χ0v) is 17.8. The van der Waals surface area contributed by atoms with Crippen LogP contribution in [-0.4, -0.2) is 11.2 Å². The molecule has 0 aromatic heterocycles. The Morgan fingerprint density at radius 2 is 1.67 bits per heavy atom. The monoisotopic (exact) mass is 366 g/mol. The molecule has 3 rings (SSSR count). The van der Waals surface area contributed by atoms with E-state index in [1.165, 1.54) is 12.0 Å². The van der Waals surface area contributed by atoms with Crippen LogP contribution in [-0.2, 0) is 10.2 Å². The Morgan fingerprint density at radius 3 is 2.19 bits per heavy atom. The van der Waals surface area contributed by atoms with Gasteiger partial charge in [0.1, 0.15) is 0 Å². The summed E-state index contributed by atoms with van der Waals surface area (Å²) < 4.78 is 6.25. The average molecular weight is 367 g/mol. The van der Waals surface area contributed by atoms with E-state index in [0.717, 1.165) is 29.7 Å². The Labute approximate surface area is 164 Å². The van der Waals surface area contributed by atoms with Gasteiger partial charge in [0.25, 0.3) is 0 Å². The van der Waals surface area contributed by atoms with Crippen LogP contribution in [0, 0.1) is 16.7 Å². The van der Waals surface area contributed by atoms with Crippen LogP contribution >= 0.6 is 0 Å². The number of ether oxygens (including phenoxy) is 1. The fourth-order valence-corrected chi connectivity index (χ4v) is 5.14. The lowest BCUT2D eigenvalue weighted by Gasteiger charge is -2.49. The summed E-state index contributed by atoms with van der Waals surface area (Å²) in [5, 5.41) is 10.2. The van der Waals surface area contributed by atoms with Crippen molar-refractivity contribution in [2.75, 3.05) is 5.73 Å². The molecule has 0 radical (unpaired) electrons. The molecule has 0 spiro atoms. The van der Waals surface area contributed by atoms with Crippen LogP contribution < -0.4 is 5.73 Å². The summed E-state index contributed by atoms with van der Waals surface area (Å²) in [5.74, 6) is 0. The molecule has 1 saturated heterocycles. The van der Waals surface area contributed by atoms with Crippen LogP contribution in [0.4, 0.5) is 5.69 Å². The number of benzene rings is 1. The van der Waals surface area contributed by atoms with Crippen molar-refractivity contribution in [1.82, 2.24) is 0 Å². The minimum Gasteiger partial charge on any atom is -0.398 e. The van der Waals surface area contributed by atoms with Crippen molar-refractivity contribution >= 4 is 11.3 Å². The number of nitriles is 1. The van der Waals surface area contributed by atoms with Crippen molar-refractivity contribution in [3.63, 3.8) is 0 Å². The Hall–Kier alpha value is -1.79. The molecule has 1 aromatic carbocycles. The Kier molecular flexibility index (Phi) is 4.72. The van der Waals surface area contributed by atoms with E-state index in [-0.39, 0.29) is 11.2 Å². The second-order valence-corrected chi connectivity index (χ2v) is 10.6. The summed E-state index contributed by atoms with van der Waals surface area (Å²) >= 11 is 0. The topological polar surface area (TPSA) is 59.0 Å². The molecule has 3 heteroatoms. The van der Waals surface area contributed by atoms with Gasteiger partial charge in [-0.15, -0.1) is 0 Å². The molecule has 1 aromatic rings. The van der Waals surface area contributed by atoms with Gasteiger partial charge in [-0.1, -0.05) is 26.0 Å². The predicted octanol–water partition coefficient (Wildman–Crippen LogP) is 5.99. The number of hydrogen-bond acceptors (Lipinski definition) is 3. The third-order valence-corrected chi connectivity index (χ3v) is 6.15. The Morgan fingerprint density at radius 1 is 1.04 bits per heavy atom. The number of nitrogens with zero attached hydrogens (tertiary/aromatic N) is 1. The third-order valence-electron chi connectivity index (χ3n) is 6.15. The molecule has 27 heavy (non-hydrogen) atoms. The molecule has 2 aliphatic rings. The zero-order valence-electron chi connectivity index (χ0n) is 17.8. The molecule has 1 fully saturated rings. The maximum absolute atomic E-state index is 10.2. The van der Waals surface area contributed by atoms with Crippen molar-refractivity contribution in [3.05, 3.63) is 35.4 Å². The molecule has 0 saturated carbocycles. The number of allylic oxidation sites excluding steroid dienone is 2. The highest BCUT2D eigenvalue weighted by Crippen LogP contribution is 2.49. The van der Waals surface area contributed by atoms with Gasteiger partial charge in [0.05, 0.1) is 22.7 Å². The van der Waals surface area contributed by atoms with E-state index in [4.69, 9.17) is 10.5 Å². The van der Waals surface area contributed by atoms with Crippen LogP contribution in [0.2, 0.25) is 0 Å². The first-order valence-corrected chi connectivity index (χ1v) is 10.1. The quantitative estimate of drug-likeness (QED) is 0.654. The molecule has 0 unspecified atom stereocenters. The van der Waals surface area contributed by atoms with Gasteiger partial charge in [0, 0.05) is 11.3 Å². The van der Waals surface area contributed by atoms with Gasteiger partial charge >= 0.3 is 0 Å². The second kappa shape index (κ2) is 6.38. The van der Waals surface area contributed by atoms with E-state index in [9.17, 15) is 5.26 Å². The van der Waals surface area contributed by atoms with E-state index in [1.807, 2.05) is 12.1 Å². The number of rotatable bonds is 2. The zero-order chi connectivity index (χ0) is 20.1. The van der Waals surface area contributed by atoms with Crippen LogP contribution in [0.25, 0.3) is 5.57 Å². The first-order valence-electron chi connectivity index (χ1n) is 10.1. The van der Waals surface area contributed by atoms with Crippen LogP contribution in [0.3, 0.4) is 0 Å². The number of hydrogen-bond donors (Lipinski definition) is 1. The molecule has 1 aliphatic carbocycles. The molecule has 0 bridgehead atoms. The largest absolute Gasteiger partial charge is 0.398 e. The molecular weight excluding hydrogens is 332 g/mol. The molecule has 0 atom stereocenters. The normalized spacial score (nSPS) is 25.3. The predicted molar refractivity (Wildman–Crippen MR) is 112 cm³/mol. The van der Waals surface area contributed by atoms with Crippen molar-refractivity contribution < 1.29 is 4.74 Å². The van der Waals surface area contributed by atoms with Crippen molar-refractivity contribution in [2.45, 2.75) is 90.3 Å². The molecule has 146 valence electrons. The van der Waals surface area contributed by atoms with Gasteiger partial charge in [-0.3, -0.25) is 0 Å². The summed E-state index contributed by atoms with van der Waals surface area (Å²) in [6.45, 7) is 13.0. The van der Waals surface area contributed by atoms with Crippen LogP contribution in [0.1, 0.15) is 84.8 Å². The standard InChI is InChI=1S/C24H34N2O/c1-21(2)11-9-17(10-12-21)19-13-18(7-8-20(19)26)24(16-25)14-22(3,4)27-23(5,6)15-24/h7-9,13H,10-12,14-15,26H2,1-6H3. The highest BCUT2D eigenvalue weighted by Gasteiger charge is 2.49. The van der Waals surface area contributed by atoms with Crippen molar-refractivity contribution in [2.24, 2.45) is 5.41 Å². The molecule has 1 heterocycles. The highest BCUT2D eigenvalue weighted by atomic mass is 16.5. The Bertz CT molecular complexity index is 792. The number of nitrogen functional groups attached to an aromatic ring is 1. The lowest BCUT2D eigenvalue weighted by molar-refractivity contribution is -0.172. The van der Waals surface area contributed by atoms with Crippen molar-refractivity contribution in [1.29, 1.82) is 5.26 Å². The molecule has 1 aliphatic heterocycles. The van der Waals surface area contributed by atoms with E-state index in [2.05, 4.69) is 59.8 Å². The van der Waals surface area contributed by atoms with Gasteiger partial charge in [-0.05, 0) is 88.5 Å². The summed E-state index contributed by atoms with van der Waals surface area (Å²) in [5.41, 5.74) is 9.81. The molecular formula is C24H34N2O. The van der Waals surface area contributed by atoms with Crippen molar-refractivity contribution in [3.8, 4) is 6.07 Å². The van der Waals surface area contributed by atoms with Gasteiger partial charge in [-0.25, -0.2) is 0 Å². The fraction of sp³-hybridized carbons (Fsp3) is 0.625. The van der Waals surface area contributed by atoms with Gasteiger partial charge in [0.15, 0.2) is 0 Å². The summed E-state index contributed by atoms with van der Waals surface area (Å²) in [6.07, 6.45) is 7.00. The van der Waals surface area contributed by atoms with E-state index in [0.29, 0.717) is 18.3 Å². The first kappa shape index (κ1) is 20.0. The lowest BCUT2D eigenvalue weighted by atomic mass is 9.65. The van der Waals surface area contributed by atoms with Gasteiger partial charge in [0.2, 0.25) is 0 Å². The van der Waals surface area contributed by atoms with E-state index < -0.39 is 5.41 Å².